The summed E-state index contributed by atoms with van der Waals surface area (Å²) in [6.07, 6.45) is 7.48. The third kappa shape index (κ3) is 3.73. The predicted molar refractivity (Wildman–Crippen MR) is 201 cm³/mol. The summed E-state index contributed by atoms with van der Waals surface area (Å²) in [6, 6.07) is 46.4. The molecule has 0 aliphatic heterocycles. The maximum atomic E-state index is 6.73. The Morgan fingerprint density at radius 3 is 1.28 bits per heavy atom. The molecule has 0 aliphatic rings. The molecule has 0 radical (unpaired) electrons. The van der Waals surface area contributed by atoms with E-state index in [1.807, 2.05) is 61.2 Å². The summed E-state index contributed by atoms with van der Waals surface area (Å²) in [5, 5.41) is 6.65. The molecule has 11 rings (SSSR count). The fourth-order valence-corrected chi connectivity index (χ4v) is 7.81. The molecular formula is C44H26N4O2. The number of para-hydroxylation sites is 4. The SMILES string of the molecule is c1cncc(-c2cc(-n3c4ccccc4c4c5ccccc5oc43)c(-c3cccnc3)cc2-n2c3ccccc3c3c4ccccc4oc32)c1. The quantitative estimate of drug-likeness (QED) is 0.192. The highest BCUT2D eigenvalue weighted by Crippen LogP contribution is 2.46. The number of furan rings is 2. The molecule has 0 fully saturated rings. The molecule has 0 N–H and O–H groups in total. The Morgan fingerprint density at radius 2 is 0.840 bits per heavy atom. The van der Waals surface area contributed by atoms with Crippen molar-refractivity contribution in [3.63, 3.8) is 0 Å². The Morgan fingerprint density at radius 1 is 0.420 bits per heavy atom. The Labute approximate surface area is 285 Å². The Kier molecular flexibility index (Phi) is 5.57. The normalized spacial score (nSPS) is 12.0. The van der Waals surface area contributed by atoms with E-state index in [2.05, 4.69) is 116 Å². The van der Waals surface area contributed by atoms with E-state index in [1.54, 1.807) is 0 Å². The summed E-state index contributed by atoms with van der Waals surface area (Å²) < 4.78 is 18.0. The molecule has 11 aromatic rings. The van der Waals surface area contributed by atoms with Crippen molar-refractivity contribution in [2.45, 2.75) is 0 Å². The van der Waals surface area contributed by atoms with Gasteiger partial charge in [-0.1, -0.05) is 84.9 Å². The topological polar surface area (TPSA) is 61.9 Å². The first kappa shape index (κ1) is 27.1. The van der Waals surface area contributed by atoms with E-state index in [0.717, 1.165) is 99.6 Å². The lowest BCUT2D eigenvalue weighted by atomic mass is 9.97. The molecule has 5 aromatic carbocycles. The standard InChI is InChI=1S/C44H26N4O2/c1-5-17-35-29(13-1)41-31-15-3-7-19-39(31)49-43(41)47(35)37-23-34(28-12-10-22-46-26-28)38(24-33(37)27-11-9-21-45-25-27)48-36-18-6-2-14-30(36)42-32-16-4-8-20-40(32)50-44(42)48/h1-26H. The molecule has 0 aliphatic carbocycles. The lowest BCUT2D eigenvalue weighted by Crippen LogP contribution is -2.03. The van der Waals surface area contributed by atoms with Crippen LogP contribution in [0.3, 0.4) is 0 Å². The number of fused-ring (bicyclic) bond motifs is 10. The molecule has 0 unspecified atom stereocenters. The summed E-state index contributed by atoms with van der Waals surface area (Å²) in [5.41, 5.74) is 11.4. The van der Waals surface area contributed by atoms with Gasteiger partial charge in [0.15, 0.2) is 0 Å². The largest absolute Gasteiger partial charge is 0.439 e. The molecule has 6 heteroatoms. The molecule has 6 nitrogen and oxygen atoms in total. The molecule has 0 amide bonds. The molecule has 234 valence electrons. The lowest BCUT2D eigenvalue weighted by Gasteiger charge is -2.20. The van der Waals surface area contributed by atoms with Crippen molar-refractivity contribution >= 4 is 65.9 Å². The van der Waals surface area contributed by atoms with Crippen LogP contribution in [0.2, 0.25) is 0 Å². The van der Waals surface area contributed by atoms with Crippen molar-refractivity contribution in [3.05, 3.63) is 158 Å². The molecule has 0 spiro atoms. The molecule has 0 saturated heterocycles. The summed E-state index contributed by atoms with van der Waals surface area (Å²) in [7, 11) is 0. The summed E-state index contributed by atoms with van der Waals surface area (Å²) in [5.74, 6) is 0. The highest BCUT2D eigenvalue weighted by molar-refractivity contribution is 6.21. The van der Waals surface area contributed by atoms with Gasteiger partial charge in [-0.3, -0.25) is 19.1 Å². The van der Waals surface area contributed by atoms with Crippen molar-refractivity contribution in [2.75, 3.05) is 0 Å². The second-order valence-corrected chi connectivity index (χ2v) is 12.6. The summed E-state index contributed by atoms with van der Waals surface area (Å²) >= 11 is 0. The predicted octanol–water partition coefficient (Wildman–Crippen LogP) is 11.5. The first-order valence-corrected chi connectivity index (χ1v) is 16.6. The van der Waals surface area contributed by atoms with Gasteiger partial charge in [0.2, 0.25) is 11.4 Å². The average molecular weight is 643 g/mol. The third-order valence-electron chi connectivity index (χ3n) is 9.93. The zero-order valence-corrected chi connectivity index (χ0v) is 26.6. The van der Waals surface area contributed by atoms with Gasteiger partial charge in [-0.2, -0.15) is 0 Å². The van der Waals surface area contributed by atoms with Crippen LogP contribution in [-0.2, 0) is 0 Å². The van der Waals surface area contributed by atoms with Crippen molar-refractivity contribution in [3.8, 4) is 33.6 Å². The molecule has 0 bridgehead atoms. The summed E-state index contributed by atoms with van der Waals surface area (Å²) in [6.45, 7) is 0. The molecular weight excluding hydrogens is 617 g/mol. The maximum Gasteiger partial charge on any atom is 0.213 e. The monoisotopic (exact) mass is 642 g/mol. The van der Waals surface area contributed by atoms with Gasteiger partial charge in [0.1, 0.15) is 11.2 Å². The zero-order chi connectivity index (χ0) is 32.8. The van der Waals surface area contributed by atoms with Gasteiger partial charge in [-0.25, -0.2) is 0 Å². The first-order valence-electron chi connectivity index (χ1n) is 16.6. The fourth-order valence-electron chi connectivity index (χ4n) is 7.81. The molecule has 50 heavy (non-hydrogen) atoms. The minimum absolute atomic E-state index is 0.800. The fraction of sp³-hybridized carbons (Fsp3) is 0. The zero-order valence-electron chi connectivity index (χ0n) is 26.6. The van der Waals surface area contributed by atoms with Crippen molar-refractivity contribution in [1.29, 1.82) is 0 Å². The summed E-state index contributed by atoms with van der Waals surface area (Å²) in [4.78, 5) is 9.15. The van der Waals surface area contributed by atoms with Crippen LogP contribution in [0.4, 0.5) is 0 Å². The second kappa shape index (κ2) is 10.3. The van der Waals surface area contributed by atoms with Crippen LogP contribution >= 0.6 is 0 Å². The Hall–Kier alpha value is -6.92. The lowest BCUT2D eigenvalue weighted by molar-refractivity contribution is 0.644. The van der Waals surface area contributed by atoms with Gasteiger partial charge >= 0.3 is 0 Å². The number of nitrogens with zero attached hydrogens (tertiary/aromatic N) is 4. The van der Waals surface area contributed by atoms with E-state index < -0.39 is 0 Å². The van der Waals surface area contributed by atoms with E-state index in [-0.39, 0.29) is 0 Å². The van der Waals surface area contributed by atoms with Gasteiger partial charge in [0.05, 0.1) is 33.2 Å². The third-order valence-corrected chi connectivity index (χ3v) is 9.93. The van der Waals surface area contributed by atoms with Gasteiger partial charge in [0.25, 0.3) is 0 Å². The van der Waals surface area contributed by atoms with Gasteiger partial charge < -0.3 is 8.83 Å². The van der Waals surface area contributed by atoms with E-state index in [1.165, 1.54) is 0 Å². The van der Waals surface area contributed by atoms with Crippen LogP contribution in [0.15, 0.2) is 167 Å². The Bertz CT molecular complexity index is 2880. The average Bonchev–Trinajstić information content (AvgIpc) is 3.91. The van der Waals surface area contributed by atoms with Crippen LogP contribution in [0, 0.1) is 0 Å². The highest BCUT2D eigenvalue weighted by Gasteiger charge is 2.26. The minimum Gasteiger partial charge on any atom is -0.439 e. The molecule has 6 aromatic heterocycles. The van der Waals surface area contributed by atoms with E-state index in [0.29, 0.717) is 0 Å². The number of hydrogen-bond donors (Lipinski definition) is 0. The van der Waals surface area contributed by atoms with E-state index in [9.17, 15) is 0 Å². The van der Waals surface area contributed by atoms with Gasteiger partial charge in [0, 0.05) is 68.6 Å². The maximum absolute atomic E-state index is 6.73. The van der Waals surface area contributed by atoms with Gasteiger partial charge in [-0.15, -0.1) is 0 Å². The number of benzene rings is 5. The number of rotatable bonds is 4. The van der Waals surface area contributed by atoms with Crippen molar-refractivity contribution in [2.24, 2.45) is 0 Å². The minimum atomic E-state index is 0.800. The number of pyridine rings is 2. The number of aromatic nitrogens is 4. The van der Waals surface area contributed by atoms with Crippen molar-refractivity contribution < 1.29 is 8.83 Å². The van der Waals surface area contributed by atoms with Crippen LogP contribution in [0.5, 0.6) is 0 Å². The van der Waals surface area contributed by atoms with Crippen LogP contribution in [-0.4, -0.2) is 19.1 Å². The molecule has 6 heterocycles. The van der Waals surface area contributed by atoms with Crippen LogP contribution < -0.4 is 0 Å². The van der Waals surface area contributed by atoms with Crippen molar-refractivity contribution in [1.82, 2.24) is 19.1 Å². The molecule has 0 saturated carbocycles. The Balaban J connectivity index is 1.33. The smallest absolute Gasteiger partial charge is 0.213 e. The number of hydrogen-bond acceptors (Lipinski definition) is 4. The highest BCUT2D eigenvalue weighted by atomic mass is 16.3. The molecule has 0 atom stereocenters. The van der Waals surface area contributed by atoms with Gasteiger partial charge in [-0.05, 0) is 48.5 Å². The van der Waals surface area contributed by atoms with E-state index >= 15 is 0 Å². The van der Waals surface area contributed by atoms with Crippen LogP contribution in [0.25, 0.3) is 99.6 Å². The van der Waals surface area contributed by atoms with Crippen LogP contribution in [0.1, 0.15) is 0 Å². The second-order valence-electron chi connectivity index (χ2n) is 12.6. The first-order chi connectivity index (χ1) is 24.8. The van der Waals surface area contributed by atoms with E-state index in [4.69, 9.17) is 8.83 Å².